The Morgan fingerprint density at radius 3 is 2.42 bits per heavy atom. The third kappa shape index (κ3) is 1.78. The quantitative estimate of drug-likeness (QED) is 0.841. The van der Waals surface area contributed by atoms with Crippen LogP contribution in [0.4, 0.5) is 0 Å². The highest BCUT2D eigenvalue weighted by atomic mass is 16.6. The zero-order valence-electron chi connectivity index (χ0n) is 11.6. The molecule has 0 saturated carbocycles. The molecule has 4 nitrogen and oxygen atoms in total. The summed E-state index contributed by atoms with van der Waals surface area (Å²) in [5, 5.41) is 3.05. The van der Waals surface area contributed by atoms with Gasteiger partial charge in [0.2, 0.25) is 5.91 Å². The van der Waals surface area contributed by atoms with Gasteiger partial charge in [0.25, 0.3) is 0 Å². The van der Waals surface area contributed by atoms with E-state index < -0.39 is 0 Å². The number of nitrogens with one attached hydrogen (secondary N) is 1. The molecular weight excluding hydrogens is 242 g/mol. The number of rotatable bonds is 1. The van der Waals surface area contributed by atoms with Gasteiger partial charge in [0, 0.05) is 17.4 Å². The standard InChI is InChI=1S/C15H19NO3/c1-14(2)15(3,9-13(17)16-14)10-4-5-11-12(8-10)19-7-6-18-11/h4-5,8H,6-7,9H2,1-3H3,(H,16,17). The highest BCUT2D eigenvalue weighted by molar-refractivity contribution is 5.82. The van der Waals surface area contributed by atoms with E-state index in [9.17, 15) is 4.79 Å². The van der Waals surface area contributed by atoms with E-state index in [1.807, 2.05) is 18.2 Å². The summed E-state index contributed by atoms with van der Waals surface area (Å²) in [5.41, 5.74) is 0.605. The minimum absolute atomic E-state index is 0.0994. The van der Waals surface area contributed by atoms with Crippen LogP contribution < -0.4 is 14.8 Å². The Hall–Kier alpha value is -1.71. The second-order valence-electron chi connectivity index (χ2n) is 6.04. The Kier molecular flexibility index (Phi) is 2.52. The molecule has 1 atom stereocenters. The summed E-state index contributed by atoms with van der Waals surface area (Å²) < 4.78 is 11.2. The van der Waals surface area contributed by atoms with Crippen LogP contribution in [0.1, 0.15) is 32.8 Å². The fourth-order valence-electron chi connectivity index (χ4n) is 2.92. The summed E-state index contributed by atoms with van der Waals surface area (Å²) in [7, 11) is 0. The molecule has 102 valence electrons. The van der Waals surface area contributed by atoms with E-state index in [2.05, 4.69) is 26.1 Å². The number of fused-ring (bicyclic) bond motifs is 1. The first-order valence-corrected chi connectivity index (χ1v) is 6.63. The first kappa shape index (κ1) is 12.3. The fraction of sp³-hybridized carbons (Fsp3) is 0.533. The van der Waals surface area contributed by atoms with Crippen LogP contribution in [-0.4, -0.2) is 24.7 Å². The lowest BCUT2D eigenvalue weighted by molar-refractivity contribution is -0.119. The van der Waals surface area contributed by atoms with E-state index in [1.165, 1.54) is 0 Å². The summed E-state index contributed by atoms with van der Waals surface area (Å²) in [5.74, 6) is 1.66. The number of amides is 1. The molecule has 2 aliphatic heterocycles. The van der Waals surface area contributed by atoms with Crippen molar-refractivity contribution in [2.24, 2.45) is 0 Å². The van der Waals surface area contributed by atoms with Gasteiger partial charge in [0.1, 0.15) is 13.2 Å². The smallest absolute Gasteiger partial charge is 0.221 e. The van der Waals surface area contributed by atoms with Gasteiger partial charge in [0.15, 0.2) is 11.5 Å². The molecule has 1 aromatic rings. The van der Waals surface area contributed by atoms with E-state index in [4.69, 9.17) is 9.47 Å². The summed E-state index contributed by atoms with van der Waals surface area (Å²) in [6.07, 6.45) is 0.500. The van der Waals surface area contributed by atoms with Crippen LogP contribution in [0.5, 0.6) is 11.5 Å². The van der Waals surface area contributed by atoms with Crippen molar-refractivity contribution in [2.75, 3.05) is 13.2 Å². The maximum absolute atomic E-state index is 11.8. The Bertz CT molecular complexity index is 538. The third-order valence-electron chi connectivity index (χ3n) is 4.52. The highest BCUT2D eigenvalue weighted by Gasteiger charge is 2.50. The van der Waals surface area contributed by atoms with Crippen molar-refractivity contribution in [2.45, 2.75) is 38.1 Å². The molecule has 2 heterocycles. The van der Waals surface area contributed by atoms with E-state index in [0.717, 1.165) is 17.1 Å². The minimum Gasteiger partial charge on any atom is -0.486 e. The van der Waals surface area contributed by atoms with Crippen molar-refractivity contribution in [1.82, 2.24) is 5.32 Å². The predicted molar refractivity (Wildman–Crippen MR) is 71.6 cm³/mol. The number of ether oxygens (including phenoxy) is 2. The maximum Gasteiger partial charge on any atom is 0.221 e. The first-order chi connectivity index (χ1) is 8.92. The zero-order valence-corrected chi connectivity index (χ0v) is 11.6. The molecule has 0 aromatic heterocycles. The molecule has 1 unspecified atom stereocenters. The predicted octanol–water partition coefficient (Wildman–Crippen LogP) is 2.01. The first-order valence-electron chi connectivity index (χ1n) is 6.63. The number of carbonyl (C=O) groups excluding carboxylic acids is 1. The van der Waals surface area contributed by atoms with Crippen molar-refractivity contribution < 1.29 is 14.3 Å². The Morgan fingerprint density at radius 1 is 1.11 bits per heavy atom. The summed E-state index contributed by atoms with van der Waals surface area (Å²) in [6, 6.07) is 5.99. The molecule has 4 heteroatoms. The molecular formula is C15H19NO3. The van der Waals surface area contributed by atoms with Gasteiger partial charge >= 0.3 is 0 Å². The molecule has 1 amide bonds. The van der Waals surface area contributed by atoms with Gasteiger partial charge in [-0.2, -0.15) is 0 Å². The molecule has 1 fully saturated rings. The van der Waals surface area contributed by atoms with E-state index in [0.29, 0.717) is 19.6 Å². The molecule has 1 saturated heterocycles. The Balaban J connectivity index is 2.04. The van der Waals surface area contributed by atoms with Crippen molar-refractivity contribution >= 4 is 5.91 Å². The lowest BCUT2D eigenvalue weighted by Gasteiger charge is -2.38. The number of hydrogen-bond donors (Lipinski definition) is 1. The summed E-state index contributed by atoms with van der Waals surface area (Å²) in [4.78, 5) is 11.8. The fourth-order valence-corrected chi connectivity index (χ4v) is 2.92. The van der Waals surface area contributed by atoms with E-state index in [1.54, 1.807) is 0 Å². The normalized spacial score (nSPS) is 28.1. The minimum atomic E-state index is -0.270. The van der Waals surface area contributed by atoms with Crippen molar-refractivity contribution in [1.29, 1.82) is 0 Å². The third-order valence-corrected chi connectivity index (χ3v) is 4.52. The molecule has 0 spiro atoms. The average molecular weight is 261 g/mol. The molecule has 0 bridgehead atoms. The Morgan fingerprint density at radius 2 is 1.79 bits per heavy atom. The maximum atomic E-state index is 11.8. The van der Waals surface area contributed by atoms with Crippen LogP contribution in [0.15, 0.2) is 18.2 Å². The Labute approximate surface area is 113 Å². The summed E-state index contributed by atoms with van der Waals surface area (Å²) in [6.45, 7) is 7.42. The van der Waals surface area contributed by atoms with Crippen molar-refractivity contribution in [3.63, 3.8) is 0 Å². The monoisotopic (exact) mass is 261 g/mol. The summed E-state index contributed by atoms with van der Waals surface area (Å²) >= 11 is 0. The van der Waals surface area contributed by atoms with Gasteiger partial charge in [-0.05, 0) is 31.5 Å². The number of carbonyl (C=O) groups is 1. The average Bonchev–Trinajstić information content (AvgIpc) is 2.58. The molecule has 1 aromatic carbocycles. The second kappa shape index (κ2) is 3.89. The van der Waals surface area contributed by atoms with Crippen LogP contribution >= 0.6 is 0 Å². The molecule has 1 N–H and O–H groups in total. The largest absolute Gasteiger partial charge is 0.486 e. The van der Waals surface area contributed by atoms with Crippen LogP contribution in [0.3, 0.4) is 0 Å². The van der Waals surface area contributed by atoms with E-state index >= 15 is 0 Å². The van der Waals surface area contributed by atoms with Gasteiger partial charge in [-0.15, -0.1) is 0 Å². The molecule has 2 aliphatic rings. The lowest BCUT2D eigenvalue weighted by Crippen LogP contribution is -2.48. The van der Waals surface area contributed by atoms with Gasteiger partial charge in [-0.1, -0.05) is 13.0 Å². The number of hydrogen-bond acceptors (Lipinski definition) is 3. The van der Waals surface area contributed by atoms with Crippen LogP contribution in [0.2, 0.25) is 0 Å². The van der Waals surface area contributed by atoms with Crippen molar-refractivity contribution in [3.8, 4) is 11.5 Å². The topological polar surface area (TPSA) is 47.6 Å². The molecule has 3 rings (SSSR count). The number of benzene rings is 1. The van der Waals surface area contributed by atoms with Gasteiger partial charge in [-0.3, -0.25) is 4.79 Å². The SMILES string of the molecule is CC1(C)NC(=O)CC1(C)c1ccc2c(c1)OCCO2. The van der Waals surface area contributed by atoms with Crippen molar-refractivity contribution in [3.05, 3.63) is 23.8 Å². The van der Waals surface area contributed by atoms with Gasteiger partial charge in [-0.25, -0.2) is 0 Å². The lowest BCUT2D eigenvalue weighted by atomic mass is 9.69. The molecule has 19 heavy (non-hydrogen) atoms. The van der Waals surface area contributed by atoms with Crippen LogP contribution in [0.25, 0.3) is 0 Å². The van der Waals surface area contributed by atoms with Gasteiger partial charge in [0.05, 0.1) is 0 Å². The zero-order chi connectivity index (χ0) is 13.7. The second-order valence-corrected chi connectivity index (χ2v) is 6.04. The van der Waals surface area contributed by atoms with Crippen LogP contribution in [-0.2, 0) is 10.2 Å². The molecule has 0 radical (unpaired) electrons. The molecule has 0 aliphatic carbocycles. The highest BCUT2D eigenvalue weighted by Crippen LogP contribution is 2.45. The van der Waals surface area contributed by atoms with Gasteiger partial charge < -0.3 is 14.8 Å². The van der Waals surface area contributed by atoms with Crippen LogP contribution in [0, 0.1) is 0 Å². The van der Waals surface area contributed by atoms with E-state index in [-0.39, 0.29) is 16.9 Å².